The topological polar surface area (TPSA) is 84.6 Å². The number of nitrogens with zero attached hydrogens (tertiary/aromatic N) is 4. The lowest BCUT2D eigenvalue weighted by atomic mass is 10.2. The number of hydrogen-bond acceptors (Lipinski definition) is 5. The fourth-order valence-electron chi connectivity index (χ4n) is 3.55. The molecule has 7 nitrogen and oxygen atoms in total. The van der Waals surface area contributed by atoms with E-state index < -0.39 is 0 Å². The smallest absolute Gasteiger partial charge is 0.152 e. The second-order valence-corrected chi connectivity index (χ2v) is 6.96. The molecule has 138 valence electrons. The van der Waals surface area contributed by atoms with Gasteiger partial charge in [-0.15, -0.1) is 10.2 Å². The van der Waals surface area contributed by atoms with E-state index in [-0.39, 0.29) is 0 Å². The summed E-state index contributed by atoms with van der Waals surface area (Å²) in [6, 6.07) is 3.94. The summed E-state index contributed by atoms with van der Waals surface area (Å²) in [6.07, 6.45) is 8.72. The highest BCUT2D eigenvalue weighted by Gasteiger charge is 2.14. The van der Waals surface area contributed by atoms with E-state index in [1.54, 1.807) is 0 Å². The molecule has 7 heteroatoms. The minimum atomic E-state index is 0.767. The van der Waals surface area contributed by atoms with Crippen LogP contribution >= 0.6 is 0 Å². The molecular formula is C19H26N6O. The Bertz CT molecular complexity index is 846. The number of aromatic nitrogens is 5. The number of hydrogen-bond donors (Lipinski definition) is 2. The number of nitrogens with one attached hydrogen (secondary N) is 2. The first-order valence-electron chi connectivity index (χ1n) is 9.52. The fraction of sp³-hybridized carbons (Fsp3) is 0.526. The molecule has 4 rings (SSSR count). The number of aryl methyl sites for hydroxylation is 3. The maximum Gasteiger partial charge on any atom is 0.152 e. The summed E-state index contributed by atoms with van der Waals surface area (Å²) in [5.41, 5.74) is 2.07. The minimum absolute atomic E-state index is 0.767. The van der Waals surface area contributed by atoms with E-state index in [1.807, 2.05) is 25.3 Å². The minimum Gasteiger partial charge on any atom is -0.460 e. The Balaban J connectivity index is 1.27. The Morgan fingerprint density at radius 3 is 3.08 bits per heavy atom. The summed E-state index contributed by atoms with van der Waals surface area (Å²) in [7, 11) is 0. The molecule has 0 saturated carbocycles. The maximum atomic E-state index is 5.69. The zero-order valence-corrected chi connectivity index (χ0v) is 15.3. The number of aromatic amines is 1. The molecule has 4 heterocycles. The molecule has 0 radical (unpaired) electrons. The Morgan fingerprint density at radius 2 is 2.19 bits per heavy atom. The average molecular weight is 354 g/mol. The fourth-order valence-corrected chi connectivity index (χ4v) is 3.55. The van der Waals surface area contributed by atoms with Crippen LogP contribution in [-0.4, -0.2) is 31.5 Å². The van der Waals surface area contributed by atoms with E-state index in [1.165, 1.54) is 25.1 Å². The Morgan fingerprint density at radius 1 is 1.23 bits per heavy atom. The molecule has 3 aromatic heterocycles. The Labute approximate surface area is 153 Å². The first kappa shape index (κ1) is 17.0. The molecule has 0 atom stereocenters. The van der Waals surface area contributed by atoms with E-state index in [0.717, 1.165) is 67.5 Å². The lowest BCUT2D eigenvalue weighted by molar-refractivity contribution is 0.544. The van der Waals surface area contributed by atoms with Crippen LogP contribution < -0.4 is 5.32 Å². The third kappa shape index (κ3) is 3.72. The predicted molar refractivity (Wildman–Crippen MR) is 98.6 cm³/mol. The van der Waals surface area contributed by atoms with Gasteiger partial charge >= 0.3 is 0 Å². The average Bonchev–Trinajstić information content (AvgIpc) is 3.32. The summed E-state index contributed by atoms with van der Waals surface area (Å²) < 4.78 is 8.02. The van der Waals surface area contributed by atoms with Crippen LogP contribution in [0, 0.1) is 6.92 Å². The van der Waals surface area contributed by atoms with Crippen molar-refractivity contribution in [3.8, 4) is 11.5 Å². The number of furan rings is 1. The van der Waals surface area contributed by atoms with Crippen molar-refractivity contribution in [3.63, 3.8) is 0 Å². The van der Waals surface area contributed by atoms with Gasteiger partial charge in [-0.25, -0.2) is 0 Å². The molecule has 26 heavy (non-hydrogen) atoms. The van der Waals surface area contributed by atoms with Crippen molar-refractivity contribution >= 4 is 0 Å². The van der Waals surface area contributed by atoms with E-state index in [9.17, 15) is 0 Å². The lowest BCUT2D eigenvalue weighted by Gasteiger charge is -2.07. The highest BCUT2D eigenvalue weighted by Crippen LogP contribution is 2.23. The molecule has 0 fully saturated rings. The molecule has 0 saturated heterocycles. The highest BCUT2D eigenvalue weighted by atomic mass is 16.3. The monoisotopic (exact) mass is 354 g/mol. The van der Waals surface area contributed by atoms with Gasteiger partial charge in [0.15, 0.2) is 5.76 Å². The van der Waals surface area contributed by atoms with Crippen molar-refractivity contribution in [1.29, 1.82) is 0 Å². The number of fused-ring (bicyclic) bond motifs is 1. The largest absolute Gasteiger partial charge is 0.460 e. The first-order valence-corrected chi connectivity index (χ1v) is 9.52. The molecule has 0 spiro atoms. The van der Waals surface area contributed by atoms with Crippen LogP contribution in [0.1, 0.15) is 48.7 Å². The van der Waals surface area contributed by atoms with Gasteiger partial charge in [-0.2, -0.15) is 5.10 Å². The maximum absolute atomic E-state index is 5.69. The van der Waals surface area contributed by atoms with Gasteiger partial charge in [0.1, 0.15) is 23.1 Å². The van der Waals surface area contributed by atoms with Gasteiger partial charge in [-0.3, -0.25) is 5.10 Å². The van der Waals surface area contributed by atoms with Gasteiger partial charge in [0.05, 0.1) is 6.20 Å². The quantitative estimate of drug-likeness (QED) is 0.637. The van der Waals surface area contributed by atoms with Gasteiger partial charge in [0.25, 0.3) is 0 Å². The Hall–Kier alpha value is -2.41. The second kappa shape index (κ2) is 7.86. The summed E-state index contributed by atoms with van der Waals surface area (Å²) in [5.74, 6) is 4.05. The van der Waals surface area contributed by atoms with Crippen LogP contribution in [0.15, 0.2) is 22.7 Å². The van der Waals surface area contributed by atoms with Crippen LogP contribution in [0.5, 0.6) is 0 Å². The zero-order chi connectivity index (χ0) is 17.8. The van der Waals surface area contributed by atoms with Crippen molar-refractivity contribution in [2.75, 3.05) is 6.54 Å². The molecule has 3 aromatic rings. The second-order valence-electron chi connectivity index (χ2n) is 6.96. The third-order valence-electron chi connectivity index (χ3n) is 4.96. The third-order valence-corrected chi connectivity index (χ3v) is 4.96. The van der Waals surface area contributed by atoms with Gasteiger partial charge < -0.3 is 14.3 Å². The van der Waals surface area contributed by atoms with Crippen LogP contribution in [0.25, 0.3) is 11.5 Å². The van der Waals surface area contributed by atoms with Crippen molar-refractivity contribution in [1.82, 2.24) is 30.3 Å². The van der Waals surface area contributed by atoms with Crippen molar-refractivity contribution in [3.05, 3.63) is 41.3 Å². The lowest BCUT2D eigenvalue weighted by Crippen LogP contribution is -2.16. The van der Waals surface area contributed by atoms with Crippen molar-refractivity contribution in [2.24, 2.45) is 0 Å². The molecule has 2 N–H and O–H groups in total. The molecule has 0 bridgehead atoms. The SMILES string of the molecule is Cc1ccc(-c2[nH]ncc2CNCCCc2nnc3n2CCCCC3)o1. The first-order chi connectivity index (χ1) is 12.8. The van der Waals surface area contributed by atoms with Gasteiger partial charge in [0.2, 0.25) is 0 Å². The summed E-state index contributed by atoms with van der Waals surface area (Å²) >= 11 is 0. The normalized spacial score (nSPS) is 14.3. The Kier molecular flexibility index (Phi) is 5.15. The van der Waals surface area contributed by atoms with Crippen LogP contribution in [0.3, 0.4) is 0 Å². The highest BCUT2D eigenvalue weighted by molar-refractivity contribution is 5.56. The van der Waals surface area contributed by atoms with Crippen LogP contribution in [0.4, 0.5) is 0 Å². The molecule has 0 aromatic carbocycles. The van der Waals surface area contributed by atoms with Gasteiger partial charge in [0, 0.05) is 31.5 Å². The van der Waals surface area contributed by atoms with E-state index >= 15 is 0 Å². The molecule has 0 unspecified atom stereocenters. The summed E-state index contributed by atoms with van der Waals surface area (Å²) in [6.45, 7) is 4.72. The summed E-state index contributed by atoms with van der Waals surface area (Å²) in [4.78, 5) is 0. The van der Waals surface area contributed by atoms with Gasteiger partial charge in [-0.05, 0) is 44.9 Å². The molecular weight excluding hydrogens is 328 g/mol. The molecule has 0 aliphatic carbocycles. The van der Waals surface area contributed by atoms with Crippen molar-refractivity contribution < 1.29 is 4.42 Å². The van der Waals surface area contributed by atoms with E-state index in [0.29, 0.717) is 0 Å². The van der Waals surface area contributed by atoms with E-state index in [2.05, 4.69) is 30.3 Å². The zero-order valence-electron chi connectivity index (χ0n) is 15.3. The standard InChI is InChI=1S/C19H26N6O/c1-14-8-9-16(26-14)19-15(13-21-24-19)12-20-10-5-7-18-23-22-17-6-3-2-4-11-25(17)18/h8-9,13,20H,2-7,10-12H2,1H3,(H,21,24). The molecule has 1 aliphatic heterocycles. The molecule has 0 amide bonds. The predicted octanol–water partition coefficient (Wildman–Crippen LogP) is 3.02. The van der Waals surface area contributed by atoms with Crippen molar-refractivity contribution in [2.45, 2.75) is 58.5 Å². The van der Waals surface area contributed by atoms with Crippen LogP contribution in [-0.2, 0) is 25.9 Å². The number of rotatable bonds is 7. The number of H-pyrrole nitrogens is 1. The molecule has 1 aliphatic rings. The van der Waals surface area contributed by atoms with E-state index in [4.69, 9.17) is 4.42 Å². The van der Waals surface area contributed by atoms with Gasteiger partial charge in [-0.1, -0.05) is 6.42 Å². The summed E-state index contributed by atoms with van der Waals surface area (Å²) in [5, 5.41) is 19.5. The van der Waals surface area contributed by atoms with Crippen LogP contribution in [0.2, 0.25) is 0 Å².